The molecule has 0 unspecified atom stereocenters. The van der Waals surface area contributed by atoms with Crippen LogP contribution in [0.2, 0.25) is 10.2 Å². The fourth-order valence-corrected chi connectivity index (χ4v) is 3.17. The second-order valence-corrected chi connectivity index (χ2v) is 6.76. The molecule has 3 heterocycles. The summed E-state index contributed by atoms with van der Waals surface area (Å²) < 4.78 is 16.7. The number of aromatic nitrogens is 4. The summed E-state index contributed by atoms with van der Waals surface area (Å²) in [4.78, 5) is 33.5. The van der Waals surface area contributed by atoms with Crippen molar-refractivity contribution in [2.75, 3.05) is 0 Å². The smallest absolute Gasteiger partial charge is 0.328 e. The topological polar surface area (TPSA) is 69.8 Å². The summed E-state index contributed by atoms with van der Waals surface area (Å²) in [6, 6.07) is 10.7. The highest BCUT2D eigenvalue weighted by molar-refractivity contribution is 6.31. The van der Waals surface area contributed by atoms with Gasteiger partial charge in [-0.3, -0.25) is 4.79 Å². The van der Waals surface area contributed by atoms with Gasteiger partial charge in [-0.1, -0.05) is 35.3 Å². The normalized spacial score (nSPS) is 11.1. The zero-order valence-electron chi connectivity index (χ0n) is 14.1. The van der Waals surface area contributed by atoms with E-state index in [1.807, 2.05) is 0 Å². The number of pyridine rings is 2. The first-order chi connectivity index (χ1) is 13.5. The van der Waals surface area contributed by atoms with Crippen LogP contribution in [0.4, 0.5) is 4.39 Å². The van der Waals surface area contributed by atoms with E-state index in [9.17, 15) is 14.0 Å². The van der Waals surface area contributed by atoms with Gasteiger partial charge in [-0.25, -0.2) is 18.7 Å². The molecule has 0 N–H and O–H groups in total. The molecule has 2 aliphatic heterocycles. The quantitative estimate of drug-likeness (QED) is 0.480. The number of rotatable bonds is 3. The van der Waals surface area contributed by atoms with Crippen LogP contribution in [0.15, 0.2) is 64.4 Å². The highest BCUT2D eigenvalue weighted by atomic mass is 35.5. The van der Waals surface area contributed by atoms with Gasteiger partial charge < -0.3 is 4.57 Å². The molecule has 4 rings (SSSR count). The van der Waals surface area contributed by atoms with Gasteiger partial charge >= 0.3 is 5.69 Å². The van der Waals surface area contributed by atoms with Crippen LogP contribution in [0.3, 0.4) is 0 Å². The summed E-state index contributed by atoms with van der Waals surface area (Å²) in [7, 11) is 0. The second kappa shape index (κ2) is 7.18. The first-order valence-electron chi connectivity index (χ1n) is 8.13. The molecule has 0 saturated heterocycles. The lowest BCUT2D eigenvalue weighted by atomic mass is 10.2. The third-order valence-electron chi connectivity index (χ3n) is 4.18. The highest BCUT2D eigenvalue weighted by Gasteiger charge is 2.20. The Hall–Kier alpha value is -3.03. The molecule has 140 valence electrons. The standard InChI is InChI=1S/C19H11Cl2FN4O2/c20-13-4-1-5-14(16(13)22)26-18(27)12-3-2-8-25(17(12)24-19(26)28)10-11-6-7-15(21)23-9-11/h1-9H,10H2. The maximum Gasteiger partial charge on any atom is 0.357 e. The van der Waals surface area contributed by atoms with E-state index < -0.39 is 17.1 Å². The van der Waals surface area contributed by atoms with Crippen molar-refractivity contribution in [3.05, 3.63) is 97.3 Å². The highest BCUT2D eigenvalue weighted by Crippen LogP contribution is 2.21. The minimum absolute atomic E-state index is 0.170. The van der Waals surface area contributed by atoms with E-state index in [0.29, 0.717) is 16.3 Å². The van der Waals surface area contributed by atoms with Gasteiger partial charge in [0, 0.05) is 12.4 Å². The van der Waals surface area contributed by atoms with Crippen LogP contribution < -0.4 is 11.2 Å². The number of halogens is 3. The van der Waals surface area contributed by atoms with Gasteiger partial charge in [0.15, 0.2) is 11.6 Å². The number of fused-ring (bicyclic) bond motifs is 1. The van der Waals surface area contributed by atoms with Crippen LogP contribution >= 0.6 is 23.2 Å². The molecule has 2 aliphatic rings. The lowest BCUT2D eigenvalue weighted by Crippen LogP contribution is -2.37. The molecule has 2 aromatic rings. The fourth-order valence-electron chi connectivity index (χ4n) is 2.88. The van der Waals surface area contributed by atoms with Crippen LogP contribution in [-0.4, -0.2) is 19.1 Å². The molecule has 0 aliphatic carbocycles. The maximum absolute atomic E-state index is 14.4. The second-order valence-electron chi connectivity index (χ2n) is 5.97. The van der Waals surface area contributed by atoms with Crippen LogP contribution in [0.1, 0.15) is 5.56 Å². The number of hydrogen-bond donors (Lipinski definition) is 0. The summed E-state index contributed by atoms with van der Waals surface area (Å²) in [6.45, 7) is 0.322. The van der Waals surface area contributed by atoms with E-state index in [-0.39, 0.29) is 22.1 Å². The van der Waals surface area contributed by atoms with Crippen LogP contribution in [0.25, 0.3) is 17.1 Å². The molecule has 0 atom stereocenters. The van der Waals surface area contributed by atoms with E-state index in [0.717, 1.165) is 5.56 Å². The van der Waals surface area contributed by atoms with Crippen molar-refractivity contribution in [3.63, 3.8) is 0 Å². The van der Waals surface area contributed by atoms with Crippen molar-refractivity contribution in [3.8, 4) is 17.1 Å². The monoisotopic (exact) mass is 416 g/mol. The molecule has 9 heteroatoms. The van der Waals surface area contributed by atoms with Crippen molar-refractivity contribution in [2.45, 2.75) is 6.54 Å². The van der Waals surface area contributed by atoms with E-state index in [4.69, 9.17) is 23.2 Å². The van der Waals surface area contributed by atoms with Crippen molar-refractivity contribution < 1.29 is 4.39 Å². The summed E-state index contributed by atoms with van der Waals surface area (Å²) in [5.74, 6) is -0.674. The van der Waals surface area contributed by atoms with Crippen LogP contribution in [0, 0.1) is 5.82 Å². The van der Waals surface area contributed by atoms with Gasteiger partial charge in [0.05, 0.1) is 22.8 Å². The average molecular weight is 417 g/mol. The molecule has 28 heavy (non-hydrogen) atoms. The molecule has 1 aromatic heterocycles. The fraction of sp³-hybridized carbons (Fsp3) is 0.0526. The molecule has 6 nitrogen and oxygen atoms in total. The Balaban J connectivity index is 1.90. The summed E-state index contributed by atoms with van der Waals surface area (Å²) in [5, 5.41) is 0.167. The lowest BCUT2D eigenvalue weighted by Gasteiger charge is -2.15. The molecule has 0 amide bonds. The largest absolute Gasteiger partial charge is 0.357 e. The van der Waals surface area contributed by atoms with E-state index in [1.165, 1.54) is 24.3 Å². The molecule has 0 spiro atoms. The predicted molar refractivity (Wildman–Crippen MR) is 104 cm³/mol. The van der Waals surface area contributed by atoms with E-state index >= 15 is 0 Å². The average Bonchev–Trinajstić information content (AvgIpc) is 2.67. The minimum atomic E-state index is -0.896. The van der Waals surface area contributed by atoms with Crippen molar-refractivity contribution in [1.82, 2.24) is 19.1 Å². The van der Waals surface area contributed by atoms with E-state index in [1.54, 1.807) is 35.2 Å². The number of nitrogens with zero attached hydrogens (tertiary/aromatic N) is 4. The first-order valence-corrected chi connectivity index (χ1v) is 8.88. The third kappa shape index (κ3) is 3.19. The Labute approximate surface area is 167 Å². The Morgan fingerprint density at radius 1 is 1.04 bits per heavy atom. The molecule has 0 bridgehead atoms. The zero-order valence-corrected chi connectivity index (χ0v) is 15.7. The van der Waals surface area contributed by atoms with Crippen molar-refractivity contribution in [2.24, 2.45) is 0 Å². The SMILES string of the molecule is O=c1nc2n(Cc3ccc(Cl)nc3)cccc-2c(=O)n1-c1cccc(Cl)c1F. The number of benzene rings is 1. The zero-order chi connectivity index (χ0) is 19.8. The van der Waals surface area contributed by atoms with Crippen LogP contribution in [-0.2, 0) is 6.54 Å². The maximum atomic E-state index is 14.4. The van der Waals surface area contributed by atoms with Crippen molar-refractivity contribution >= 4 is 23.2 Å². The third-order valence-corrected chi connectivity index (χ3v) is 4.70. The van der Waals surface area contributed by atoms with Gasteiger partial charge in [-0.2, -0.15) is 4.98 Å². The Kier molecular flexibility index (Phi) is 4.70. The van der Waals surface area contributed by atoms with Gasteiger partial charge in [0.2, 0.25) is 0 Å². The first kappa shape index (κ1) is 18.3. The summed E-state index contributed by atoms with van der Waals surface area (Å²) >= 11 is 11.6. The van der Waals surface area contributed by atoms with Gasteiger partial charge in [-0.15, -0.1) is 0 Å². The Morgan fingerprint density at radius 2 is 1.86 bits per heavy atom. The van der Waals surface area contributed by atoms with E-state index in [2.05, 4.69) is 9.97 Å². The predicted octanol–water partition coefficient (Wildman–Crippen LogP) is 3.39. The van der Waals surface area contributed by atoms with Gasteiger partial charge in [0.1, 0.15) is 5.15 Å². The summed E-state index contributed by atoms with van der Waals surface area (Å²) in [6.07, 6.45) is 3.28. The van der Waals surface area contributed by atoms with Crippen molar-refractivity contribution in [1.29, 1.82) is 0 Å². The Morgan fingerprint density at radius 3 is 2.61 bits per heavy atom. The van der Waals surface area contributed by atoms with Gasteiger partial charge in [0.25, 0.3) is 5.56 Å². The van der Waals surface area contributed by atoms with Crippen LogP contribution in [0.5, 0.6) is 0 Å². The molecule has 0 fully saturated rings. The summed E-state index contributed by atoms with van der Waals surface area (Å²) in [5.41, 5.74) is -0.841. The van der Waals surface area contributed by atoms with Gasteiger partial charge in [-0.05, 0) is 35.9 Å². The minimum Gasteiger partial charge on any atom is -0.328 e. The lowest BCUT2D eigenvalue weighted by molar-refractivity contribution is 0.612. The molecule has 0 saturated carbocycles. The number of hydrogen-bond acceptors (Lipinski definition) is 4. The molecule has 1 aromatic carbocycles. The molecular formula is C19H11Cl2FN4O2. The molecular weight excluding hydrogens is 406 g/mol. The Bertz CT molecular complexity index is 1270. The molecule has 0 radical (unpaired) electrons.